The molecule has 0 aromatic carbocycles. The normalized spacial score (nSPS) is 26.2. The highest BCUT2D eigenvalue weighted by Crippen LogP contribution is 2.57. The van der Waals surface area contributed by atoms with Gasteiger partial charge in [-0.05, 0) is 54.5 Å². The molecule has 3 aliphatic carbocycles. The van der Waals surface area contributed by atoms with Gasteiger partial charge in [-0.1, -0.05) is 0 Å². The molecule has 3 N–H and O–H groups in total. The number of nitrogens with two attached hydrogens (primary N) is 1. The molecule has 2 saturated carbocycles. The van der Waals surface area contributed by atoms with Crippen molar-refractivity contribution in [1.82, 2.24) is 14.6 Å². The summed E-state index contributed by atoms with van der Waals surface area (Å²) in [6, 6.07) is 0.834. The molecule has 2 aromatic rings. The zero-order chi connectivity index (χ0) is 14.2. The van der Waals surface area contributed by atoms with E-state index < -0.39 is 0 Å². The molecule has 2 aromatic heterocycles. The Kier molecular flexibility index (Phi) is 4.32. The highest BCUT2D eigenvalue weighted by Gasteiger charge is 2.51. The van der Waals surface area contributed by atoms with Gasteiger partial charge in [0.1, 0.15) is 5.82 Å². The van der Waals surface area contributed by atoms with Gasteiger partial charge in [0.15, 0.2) is 5.65 Å². The molecule has 0 amide bonds. The lowest BCUT2D eigenvalue weighted by Gasteiger charge is -2.34. The maximum atomic E-state index is 5.92. The second-order valence-electron chi connectivity index (χ2n) is 6.87. The zero-order valence-corrected chi connectivity index (χ0v) is 15.8. The fourth-order valence-corrected chi connectivity index (χ4v) is 4.27. The number of hydrogen-bond donors (Lipinski definition) is 2. The Morgan fingerprint density at radius 1 is 1.26 bits per heavy atom. The van der Waals surface area contributed by atoms with Crippen LogP contribution in [-0.2, 0) is 11.8 Å². The zero-order valence-electron chi connectivity index (χ0n) is 12.6. The van der Waals surface area contributed by atoms with Gasteiger partial charge in [-0.3, -0.25) is 0 Å². The minimum atomic E-state index is 0. The molecule has 0 aliphatic heterocycles. The van der Waals surface area contributed by atoms with Crippen molar-refractivity contribution in [1.29, 1.82) is 0 Å². The van der Waals surface area contributed by atoms with Crippen LogP contribution in [0.3, 0.4) is 0 Å². The minimum absolute atomic E-state index is 0. The van der Waals surface area contributed by atoms with E-state index in [4.69, 9.17) is 10.7 Å². The van der Waals surface area contributed by atoms with E-state index in [0.29, 0.717) is 17.5 Å². The average molecular weight is 421 g/mol. The Labute approximate surface area is 155 Å². The summed E-state index contributed by atoms with van der Waals surface area (Å²) in [5.74, 6) is 1.15. The van der Waals surface area contributed by atoms with Gasteiger partial charge in [0.25, 0.3) is 0 Å². The van der Waals surface area contributed by atoms with E-state index in [1.165, 1.54) is 30.5 Å². The molecular formula is C15H20BrCl2N5. The predicted octanol–water partition coefficient (Wildman–Crippen LogP) is 3.21. The van der Waals surface area contributed by atoms with Crippen molar-refractivity contribution in [2.45, 2.75) is 56.0 Å². The number of hydrogen-bond acceptors (Lipinski definition) is 4. The van der Waals surface area contributed by atoms with Gasteiger partial charge >= 0.3 is 0 Å². The van der Waals surface area contributed by atoms with E-state index in [1.54, 1.807) is 0 Å². The van der Waals surface area contributed by atoms with Gasteiger partial charge < -0.3 is 11.1 Å². The number of rotatable bonds is 2. The van der Waals surface area contributed by atoms with Crippen molar-refractivity contribution < 1.29 is 0 Å². The molecule has 8 heteroatoms. The summed E-state index contributed by atoms with van der Waals surface area (Å²) in [5.41, 5.74) is 9.95. The Hall–Kier alpha value is -0.560. The maximum Gasteiger partial charge on any atom is 0.171 e. The first-order valence-corrected chi connectivity index (χ1v) is 8.54. The summed E-state index contributed by atoms with van der Waals surface area (Å²) < 4.78 is 2.94. The van der Waals surface area contributed by atoms with E-state index in [0.717, 1.165) is 35.2 Å². The molecule has 5 nitrogen and oxygen atoms in total. The number of anilines is 1. The van der Waals surface area contributed by atoms with Gasteiger partial charge in [0.05, 0.1) is 16.4 Å². The van der Waals surface area contributed by atoms with Crippen LogP contribution in [0, 0.1) is 0 Å². The Bertz CT molecular complexity index is 752. The quantitative estimate of drug-likeness (QED) is 0.782. The number of fused-ring (bicyclic) bond motifs is 3. The van der Waals surface area contributed by atoms with Crippen LogP contribution in [0.5, 0.6) is 0 Å². The van der Waals surface area contributed by atoms with E-state index in [2.05, 4.69) is 26.3 Å². The smallest absolute Gasteiger partial charge is 0.171 e. The molecule has 0 bridgehead atoms. The van der Waals surface area contributed by atoms with Gasteiger partial charge in [-0.25, -0.2) is 4.98 Å². The highest BCUT2D eigenvalue weighted by atomic mass is 79.9. The first-order chi connectivity index (χ1) is 10.2. The van der Waals surface area contributed by atoms with Crippen molar-refractivity contribution in [3.63, 3.8) is 0 Å². The Morgan fingerprint density at radius 3 is 2.65 bits per heavy atom. The highest BCUT2D eigenvalue weighted by molar-refractivity contribution is 9.10. The second kappa shape index (κ2) is 5.76. The number of nitrogens with one attached hydrogen (secondary N) is 1. The Morgan fingerprint density at radius 2 is 2.00 bits per heavy atom. The maximum absolute atomic E-state index is 5.92. The fraction of sp³-hybridized carbons (Fsp3) is 0.600. The largest absolute Gasteiger partial charge is 0.367 e. The van der Waals surface area contributed by atoms with Crippen LogP contribution >= 0.6 is 40.7 Å². The van der Waals surface area contributed by atoms with Crippen LogP contribution in [0.15, 0.2) is 10.7 Å². The van der Waals surface area contributed by atoms with Crippen LogP contribution in [0.2, 0.25) is 0 Å². The molecule has 2 heterocycles. The van der Waals surface area contributed by atoms with Crippen LogP contribution in [0.4, 0.5) is 5.82 Å². The number of aromatic nitrogens is 3. The predicted molar refractivity (Wildman–Crippen MR) is 99.0 cm³/mol. The molecule has 126 valence electrons. The molecule has 3 aliphatic rings. The van der Waals surface area contributed by atoms with Crippen LogP contribution in [0.25, 0.3) is 5.65 Å². The molecule has 1 spiro atoms. The lowest BCUT2D eigenvalue weighted by atomic mass is 9.87. The van der Waals surface area contributed by atoms with Gasteiger partial charge in [0.2, 0.25) is 0 Å². The summed E-state index contributed by atoms with van der Waals surface area (Å²) >= 11 is 3.58. The van der Waals surface area contributed by atoms with E-state index in [9.17, 15) is 0 Å². The van der Waals surface area contributed by atoms with Crippen LogP contribution in [0.1, 0.15) is 43.4 Å². The van der Waals surface area contributed by atoms with Gasteiger partial charge in [-0.15, -0.1) is 24.8 Å². The van der Waals surface area contributed by atoms with E-state index >= 15 is 0 Å². The lowest BCUT2D eigenvalue weighted by molar-refractivity contribution is 0.372. The van der Waals surface area contributed by atoms with Crippen molar-refractivity contribution in [2.24, 2.45) is 5.73 Å². The first-order valence-electron chi connectivity index (χ1n) is 7.75. The third kappa shape index (κ3) is 2.46. The van der Waals surface area contributed by atoms with Crippen molar-refractivity contribution in [2.75, 3.05) is 5.32 Å². The van der Waals surface area contributed by atoms with E-state index in [1.807, 2.05) is 10.7 Å². The minimum Gasteiger partial charge on any atom is -0.367 e. The van der Waals surface area contributed by atoms with Gasteiger partial charge in [-0.2, -0.15) is 9.61 Å². The third-order valence-corrected chi connectivity index (χ3v) is 5.99. The SMILES string of the molecule is Cl.Cl.NC1CC(Nc2c3c(nc4c(Br)cnn24)C2(CC3)CC2)C1. The fourth-order valence-electron chi connectivity index (χ4n) is 3.92. The molecule has 0 saturated heterocycles. The van der Waals surface area contributed by atoms with Crippen LogP contribution < -0.4 is 11.1 Å². The first kappa shape index (κ1) is 17.3. The summed E-state index contributed by atoms with van der Waals surface area (Å²) in [6.45, 7) is 0. The molecule has 5 rings (SSSR count). The summed E-state index contributed by atoms with van der Waals surface area (Å²) in [6.07, 6.45) is 8.90. The number of halogens is 3. The molecule has 0 unspecified atom stereocenters. The van der Waals surface area contributed by atoms with Crippen molar-refractivity contribution >= 4 is 52.2 Å². The third-order valence-electron chi connectivity index (χ3n) is 5.43. The average Bonchev–Trinajstić information content (AvgIpc) is 3.00. The van der Waals surface area contributed by atoms with E-state index in [-0.39, 0.29) is 24.8 Å². The van der Waals surface area contributed by atoms with Crippen molar-refractivity contribution in [3.05, 3.63) is 21.9 Å². The summed E-state index contributed by atoms with van der Waals surface area (Å²) in [4.78, 5) is 4.95. The molecule has 2 fully saturated rings. The molecule has 0 atom stereocenters. The molecule has 0 radical (unpaired) electrons. The summed E-state index contributed by atoms with van der Waals surface area (Å²) in [5, 5.41) is 8.20. The van der Waals surface area contributed by atoms with Gasteiger partial charge in [0, 0.05) is 23.1 Å². The molecular weight excluding hydrogens is 401 g/mol. The van der Waals surface area contributed by atoms with Crippen LogP contribution in [-0.4, -0.2) is 26.7 Å². The Balaban J connectivity index is 0.000000781. The topological polar surface area (TPSA) is 68.2 Å². The number of nitrogens with zero attached hydrogens (tertiary/aromatic N) is 3. The standard InChI is InChI=1S/C15H18BrN5.2ClH/c16-11-7-18-21-13(19-9-5-8(17)6-9)10-1-2-15(3-4-15)12(10)20-14(11)21;;/h7-9,19H,1-6,17H2;2*1H. The lowest BCUT2D eigenvalue weighted by Crippen LogP contribution is -2.45. The molecule has 23 heavy (non-hydrogen) atoms. The monoisotopic (exact) mass is 419 g/mol. The van der Waals surface area contributed by atoms with Crippen molar-refractivity contribution in [3.8, 4) is 0 Å². The second-order valence-corrected chi connectivity index (χ2v) is 7.72. The summed E-state index contributed by atoms with van der Waals surface area (Å²) in [7, 11) is 0.